The lowest BCUT2D eigenvalue weighted by Gasteiger charge is -2.20. The van der Waals surface area contributed by atoms with Crippen LogP contribution in [0.1, 0.15) is 27.2 Å². The number of hydrogen-bond acceptors (Lipinski definition) is 5. The maximum atomic E-state index is 11.8. The monoisotopic (exact) mass is 316 g/mol. The number of amides is 4. The van der Waals surface area contributed by atoms with Crippen LogP contribution in [-0.2, 0) is 24.0 Å². The number of primary amides is 1. The fraction of sp³-hybridized carbons (Fsp3) is 0.583. The second-order valence-corrected chi connectivity index (χ2v) is 4.72. The number of aliphatic carboxylic acids is 1. The third-order valence-corrected chi connectivity index (χ3v) is 2.58. The van der Waals surface area contributed by atoms with Gasteiger partial charge in [-0.15, -0.1) is 0 Å². The summed E-state index contributed by atoms with van der Waals surface area (Å²) in [6, 6.07) is -3.39. The van der Waals surface area contributed by atoms with Crippen LogP contribution >= 0.6 is 0 Å². The van der Waals surface area contributed by atoms with Crippen LogP contribution in [0, 0.1) is 0 Å². The van der Waals surface area contributed by atoms with Gasteiger partial charge in [-0.05, 0) is 13.8 Å². The molecule has 124 valence electrons. The van der Waals surface area contributed by atoms with Gasteiger partial charge in [0.25, 0.3) is 0 Å². The molecular weight excluding hydrogens is 296 g/mol. The second kappa shape index (κ2) is 8.60. The highest BCUT2D eigenvalue weighted by Gasteiger charge is 2.26. The van der Waals surface area contributed by atoms with Gasteiger partial charge in [-0.3, -0.25) is 19.2 Å². The van der Waals surface area contributed by atoms with Gasteiger partial charge in [-0.25, -0.2) is 4.79 Å². The number of carbonyl (C=O) groups is 5. The molecule has 0 aliphatic heterocycles. The molecular formula is C12H20N4O6. The van der Waals surface area contributed by atoms with Gasteiger partial charge in [-0.2, -0.15) is 0 Å². The molecule has 0 aromatic heterocycles. The van der Waals surface area contributed by atoms with Crippen molar-refractivity contribution < 1.29 is 29.1 Å². The summed E-state index contributed by atoms with van der Waals surface area (Å²) >= 11 is 0. The van der Waals surface area contributed by atoms with Gasteiger partial charge in [0.2, 0.25) is 23.6 Å². The summed E-state index contributed by atoms with van der Waals surface area (Å²) in [7, 11) is 0. The fourth-order valence-electron chi connectivity index (χ4n) is 1.47. The van der Waals surface area contributed by atoms with E-state index in [0.717, 1.165) is 0 Å². The van der Waals surface area contributed by atoms with E-state index in [1.165, 1.54) is 20.8 Å². The van der Waals surface area contributed by atoms with Crippen molar-refractivity contribution in [2.45, 2.75) is 45.3 Å². The maximum absolute atomic E-state index is 11.8. The van der Waals surface area contributed by atoms with Crippen LogP contribution < -0.4 is 21.7 Å². The summed E-state index contributed by atoms with van der Waals surface area (Å²) in [5, 5.41) is 15.6. The van der Waals surface area contributed by atoms with E-state index in [9.17, 15) is 24.0 Å². The zero-order chi connectivity index (χ0) is 17.4. The van der Waals surface area contributed by atoms with E-state index in [0.29, 0.717) is 0 Å². The van der Waals surface area contributed by atoms with E-state index in [-0.39, 0.29) is 0 Å². The second-order valence-electron chi connectivity index (χ2n) is 4.72. The minimum Gasteiger partial charge on any atom is -0.480 e. The van der Waals surface area contributed by atoms with E-state index >= 15 is 0 Å². The standard InChI is InChI=1S/C12H20N4O6/c1-5(14-7(3)17)10(19)15-6(2)11(20)16-8(12(21)22)4-9(13)18/h5-6,8H,4H2,1-3H3,(H2,13,18)(H,14,17)(H,15,19)(H,16,20)(H,21,22)/t5-,6+,8-/m0/s1. The molecule has 4 amide bonds. The number of hydrogen-bond donors (Lipinski definition) is 5. The Labute approximate surface area is 126 Å². The van der Waals surface area contributed by atoms with Crippen molar-refractivity contribution in [3.8, 4) is 0 Å². The van der Waals surface area contributed by atoms with Crippen molar-refractivity contribution in [1.82, 2.24) is 16.0 Å². The molecule has 10 heteroatoms. The molecule has 0 saturated heterocycles. The Balaban J connectivity index is 4.58. The average Bonchev–Trinajstić information content (AvgIpc) is 2.35. The molecule has 0 heterocycles. The average molecular weight is 316 g/mol. The van der Waals surface area contributed by atoms with Crippen LogP contribution in [0.2, 0.25) is 0 Å². The van der Waals surface area contributed by atoms with Gasteiger partial charge in [0.05, 0.1) is 6.42 Å². The minimum absolute atomic E-state index is 0.410. The number of carboxylic acid groups (broad SMARTS) is 1. The van der Waals surface area contributed by atoms with Crippen LogP contribution in [0.3, 0.4) is 0 Å². The van der Waals surface area contributed by atoms with Gasteiger partial charge < -0.3 is 26.8 Å². The first-order valence-corrected chi connectivity index (χ1v) is 6.43. The summed E-state index contributed by atoms with van der Waals surface area (Å²) in [6.07, 6.45) is -0.565. The number of nitrogens with two attached hydrogens (primary N) is 1. The van der Waals surface area contributed by atoms with Crippen LogP contribution in [0.5, 0.6) is 0 Å². The topological polar surface area (TPSA) is 168 Å². The molecule has 0 spiro atoms. The van der Waals surface area contributed by atoms with Gasteiger partial charge >= 0.3 is 5.97 Å². The molecule has 0 aliphatic rings. The number of carboxylic acids is 1. The SMILES string of the molecule is CC(=O)N[C@@H](C)C(=O)N[C@H](C)C(=O)N[C@@H](CC(N)=O)C(=O)O. The molecule has 22 heavy (non-hydrogen) atoms. The van der Waals surface area contributed by atoms with Gasteiger partial charge in [-0.1, -0.05) is 0 Å². The van der Waals surface area contributed by atoms with Crippen molar-refractivity contribution in [2.75, 3.05) is 0 Å². The Kier molecular flexibility index (Phi) is 7.56. The molecule has 0 unspecified atom stereocenters. The van der Waals surface area contributed by atoms with Crippen LogP contribution in [-0.4, -0.2) is 52.8 Å². The van der Waals surface area contributed by atoms with E-state index < -0.39 is 54.1 Å². The quantitative estimate of drug-likeness (QED) is 0.330. The largest absolute Gasteiger partial charge is 0.480 e. The lowest BCUT2D eigenvalue weighted by molar-refractivity contribution is -0.143. The first kappa shape index (κ1) is 19.4. The zero-order valence-electron chi connectivity index (χ0n) is 12.5. The summed E-state index contributed by atoms with van der Waals surface area (Å²) in [6.45, 7) is 3.99. The van der Waals surface area contributed by atoms with Crippen LogP contribution in [0.25, 0.3) is 0 Å². The fourth-order valence-corrected chi connectivity index (χ4v) is 1.47. The first-order chi connectivity index (χ1) is 10.0. The van der Waals surface area contributed by atoms with E-state index in [1.54, 1.807) is 0 Å². The molecule has 0 aromatic rings. The molecule has 10 nitrogen and oxygen atoms in total. The minimum atomic E-state index is -1.47. The number of carbonyl (C=O) groups excluding carboxylic acids is 4. The highest BCUT2D eigenvalue weighted by atomic mass is 16.4. The third kappa shape index (κ3) is 7.22. The lowest BCUT2D eigenvalue weighted by Crippen LogP contribution is -2.54. The highest BCUT2D eigenvalue weighted by Crippen LogP contribution is 1.94. The zero-order valence-corrected chi connectivity index (χ0v) is 12.5. The summed E-state index contributed by atoms with van der Waals surface area (Å²) in [5.41, 5.74) is 4.89. The molecule has 0 radical (unpaired) electrons. The lowest BCUT2D eigenvalue weighted by atomic mass is 10.1. The molecule has 0 bridgehead atoms. The van der Waals surface area contributed by atoms with Crippen LogP contribution in [0.4, 0.5) is 0 Å². The summed E-state index contributed by atoms with van der Waals surface area (Å²) in [4.78, 5) is 55.9. The van der Waals surface area contributed by atoms with Gasteiger partial charge in [0.1, 0.15) is 18.1 Å². The molecule has 0 rings (SSSR count). The molecule has 0 saturated carbocycles. The Hall–Kier alpha value is -2.65. The van der Waals surface area contributed by atoms with Crippen molar-refractivity contribution in [3.05, 3.63) is 0 Å². The predicted molar refractivity (Wildman–Crippen MR) is 74.3 cm³/mol. The Bertz CT molecular complexity index is 478. The smallest absolute Gasteiger partial charge is 0.326 e. The first-order valence-electron chi connectivity index (χ1n) is 6.43. The molecule has 0 aromatic carbocycles. The summed E-state index contributed by atoms with van der Waals surface area (Å²) < 4.78 is 0. The summed E-state index contributed by atoms with van der Waals surface area (Å²) in [5.74, 6) is -4.12. The van der Waals surface area contributed by atoms with Crippen molar-refractivity contribution in [2.24, 2.45) is 5.73 Å². The molecule has 3 atom stereocenters. The van der Waals surface area contributed by atoms with Crippen LogP contribution in [0.15, 0.2) is 0 Å². The van der Waals surface area contributed by atoms with E-state index in [1.807, 2.05) is 0 Å². The van der Waals surface area contributed by atoms with Crippen molar-refractivity contribution in [3.63, 3.8) is 0 Å². The van der Waals surface area contributed by atoms with Crippen molar-refractivity contribution in [1.29, 1.82) is 0 Å². The third-order valence-electron chi connectivity index (χ3n) is 2.58. The highest BCUT2D eigenvalue weighted by molar-refractivity contribution is 5.93. The maximum Gasteiger partial charge on any atom is 0.326 e. The van der Waals surface area contributed by atoms with Gasteiger partial charge in [0, 0.05) is 6.92 Å². The molecule has 6 N–H and O–H groups in total. The Morgan fingerprint density at radius 1 is 0.955 bits per heavy atom. The number of rotatable bonds is 8. The predicted octanol–water partition coefficient (Wildman–Crippen LogP) is -2.54. The van der Waals surface area contributed by atoms with E-state index in [4.69, 9.17) is 10.8 Å². The number of nitrogens with one attached hydrogen (secondary N) is 3. The molecule has 0 fully saturated rings. The molecule has 0 aliphatic carbocycles. The van der Waals surface area contributed by atoms with E-state index in [2.05, 4.69) is 16.0 Å². The Morgan fingerprint density at radius 3 is 1.82 bits per heavy atom. The Morgan fingerprint density at radius 2 is 1.41 bits per heavy atom. The normalized spacial score (nSPS) is 14.1. The van der Waals surface area contributed by atoms with Crippen molar-refractivity contribution >= 4 is 29.6 Å². The van der Waals surface area contributed by atoms with Gasteiger partial charge in [0.15, 0.2) is 0 Å².